The van der Waals surface area contributed by atoms with Crippen molar-refractivity contribution < 1.29 is 18.4 Å². The second-order valence-electron chi connectivity index (χ2n) is 5.85. The Balaban J connectivity index is 2.47. The monoisotopic (exact) mass is 356 g/mol. The van der Waals surface area contributed by atoms with Crippen LogP contribution >= 0.6 is 7.60 Å². The molecule has 1 rings (SSSR count). The van der Waals surface area contributed by atoms with Crippen LogP contribution < -0.4 is 10.6 Å². The van der Waals surface area contributed by atoms with Crippen LogP contribution in [-0.2, 0) is 20.0 Å². The molecule has 6 nitrogen and oxygen atoms in total. The average Bonchev–Trinajstić information content (AvgIpc) is 2.47. The third-order valence-corrected chi connectivity index (χ3v) is 5.23. The van der Waals surface area contributed by atoms with Crippen molar-refractivity contribution in [1.29, 1.82) is 0 Å². The summed E-state index contributed by atoms with van der Waals surface area (Å²) in [6.45, 7) is 8.67. The van der Waals surface area contributed by atoms with Crippen molar-refractivity contribution in [3.8, 4) is 0 Å². The Morgan fingerprint density at radius 3 is 2.46 bits per heavy atom. The molecule has 0 aliphatic heterocycles. The molecule has 0 aromatic heterocycles. The van der Waals surface area contributed by atoms with Gasteiger partial charge >= 0.3 is 13.6 Å². The standard InChI is InChI=1S/C17H29N2O4P/c1-5-22-24(21,23-6-2)11-10-18-17(20)19-16-9-7-8-15(13-16)12-14(3)4/h7-9,13-14H,5-6,10-12H2,1-4H3,(H2,18,19,20). The second-order valence-corrected chi connectivity index (χ2v) is 8.03. The number of hydrogen-bond acceptors (Lipinski definition) is 4. The number of anilines is 1. The van der Waals surface area contributed by atoms with Crippen LogP contribution in [0.1, 0.15) is 33.3 Å². The molecule has 0 bridgehead atoms. The van der Waals surface area contributed by atoms with Gasteiger partial charge in [-0.15, -0.1) is 0 Å². The Labute approximate surface area is 144 Å². The largest absolute Gasteiger partial charge is 0.337 e. The normalized spacial score (nSPS) is 11.5. The van der Waals surface area contributed by atoms with Gasteiger partial charge in [0.2, 0.25) is 0 Å². The third-order valence-electron chi connectivity index (χ3n) is 3.15. The van der Waals surface area contributed by atoms with Crippen LogP contribution in [0.3, 0.4) is 0 Å². The summed E-state index contributed by atoms with van der Waals surface area (Å²) in [7, 11) is -3.12. The van der Waals surface area contributed by atoms with Crippen LogP contribution in [0.4, 0.5) is 10.5 Å². The van der Waals surface area contributed by atoms with Crippen LogP contribution in [0.15, 0.2) is 24.3 Å². The van der Waals surface area contributed by atoms with E-state index in [1.54, 1.807) is 13.8 Å². The first kappa shape index (κ1) is 20.7. The molecule has 2 amide bonds. The summed E-state index contributed by atoms with van der Waals surface area (Å²) >= 11 is 0. The molecule has 0 saturated heterocycles. The molecule has 0 fully saturated rings. The summed E-state index contributed by atoms with van der Waals surface area (Å²) in [4.78, 5) is 12.0. The van der Waals surface area contributed by atoms with Crippen LogP contribution in [0.5, 0.6) is 0 Å². The molecule has 0 radical (unpaired) electrons. The molecular formula is C17H29N2O4P. The maximum absolute atomic E-state index is 12.3. The Hall–Kier alpha value is -1.36. The summed E-state index contributed by atoms with van der Waals surface area (Å²) < 4.78 is 22.7. The highest BCUT2D eigenvalue weighted by Gasteiger charge is 2.23. The zero-order valence-electron chi connectivity index (χ0n) is 15.0. The van der Waals surface area contributed by atoms with E-state index >= 15 is 0 Å². The third kappa shape index (κ3) is 7.95. The number of rotatable bonds is 10. The van der Waals surface area contributed by atoms with Gasteiger partial charge in [-0.1, -0.05) is 26.0 Å². The Morgan fingerprint density at radius 1 is 1.21 bits per heavy atom. The van der Waals surface area contributed by atoms with E-state index in [0.29, 0.717) is 19.1 Å². The number of amides is 2. The smallest absolute Gasteiger partial charge is 0.332 e. The second kappa shape index (κ2) is 10.5. The summed E-state index contributed by atoms with van der Waals surface area (Å²) in [5, 5.41) is 5.47. The SMILES string of the molecule is CCOP(=O)(CCNC(=O)Nc1cccc(CC(C)C)c1)OCC. The van der Waals surface area contributed by atoms with Crippen LogP contribution in [0.25, 0.3) is 0 Å². The summed E-state index contributed by atoms with van der Waals surface area (Å²) in [5.74, 6) is 0.556. The van der Waals surface area contributed by atoms with Gasteiger partial charge in [-0.2, -0.15) is 0 Å². The quantitative estimate of drug-likeness (QED) is 0.614. The van der Waals surface area contributed by atoms with Crippen molar-refractivity contribution in [2.24, 2.45) is 5.92 Å². The van der Waals surface area contributed by atoms with Gasteiger partial charge in [0, 0.05) is 12.2 Å². The number of carbonyl (C=O) groups excluding carboxylic acids is 1. The number of nitrogens with one attached hydrogen (secondary N) is 2. The molecule has 1 aromatic carbocycles. The summed E-state index contributed by atoms with van der Waals surface area (Å²) in [5.41, 5.74) is 1.92. The van der Waals surface area contributed by atoms with E-state index in [1.165, 1.54) is 5.56 Å². The molecule has 0 heterocycles. The minimum absolute atomic E-state index is 0.148. The fourth-order valence-corrected chi connectivity index (χ4v) is 3.79. The molecular weight excluding hydrogens is 327 g/mol. The van der Waals surface area contributed by atoms with Crippen molar-refractivity contribution in [1.82, 2.24) is 5.32 Å². The molecule has 1 aromatic rings. The highest BCUT2D eigenvalue weighted by atomic mass is 31.2. The van der Waals surface area contributed by atoms with Crippen molar-refractivity contribution in [2.45, 2.75) is 34.1 Å². The minimum Gasteiger partial charge on any atom is -0.337 e. The zero-order valence-corrected chi connectivity index (χ0v) is 15.9. The molecule has 136 valence electrons. The number of carbonyl (C=O) groups is 1. The van der Waals surface area contributed by atoms with Crippen molar-refractivity contribution in [2.75, 3.05) is 31.2 Å². The lowest BCUT2D eigenvalue weighted by molar-refractivity contribution is 0.220. The Kier molecular flexibility index (Phi) is 9.04. The fourth-order valence-electron chi connectivity index (χ4n) is 2.29. The Morgan fingerprint density at radius 2 is 1.88 bits per heavy atom. The summed E-state index contributed by atoms with van der Waals surface area (Å²) in [6, 6.07) is 7.44. The topological polar surface area (TPSA) is 76.7 Å². The molecule has 0 atom stereocenters. The molecule has 24 heavy (non-hydrogen) atoms. The number of hydrogen-bond donors (Lipinski definition) is 2. The first-order valence-corrected chi connectivity index (χ1v) is 10.1. The first-order chi connectivity index (χ1) is 11.4. The average molecular weight is 356 g/mol. The lowest BCUT2D eigenvalue weighted by Gasteiger charge is -2.17. The minimum atomic E-state index is -3.12. The number of benzene rings is 1. The fraction of sp³-hybridized carbons (Fsp3) is 0.588. The van der Waals surface area contributed by atoms with Gasteiger partial charge in [-0.25, -0.2) is 4.79 Å². The molecule has 7 heteroatoms. The van der Waals surface area contributed by atoms with Gasteiger partial charge in [0.1, 0.15) is 0 Å². The predicted molar refractivity (Wildman–Crippen MR) is 97.7 cm³/mol. The highest BCUT2D eigenvalue weighted by Crippen LogP contribution is 2.47. The van der Waals surface area contributed by atoms with Gasteiger partial charge in [0.05, 0.1) is 19.4 Å². The van der Waals surface area contributed by atoms with E-state index in [-0.39, 0.29) is 18.7 Å². The van der Waals surface area contributed by atoms with E-state index in [2.05, 4.69) is 24.5 Å². The van der Waals surface area contributed by atoms with Gasteiger partial charge < -0.3 is 19.7 Å². The van der Waals surface area contributed by atoms with Crippen LogP contribution in [-0.4, -0.2) is 32.0 Å². The highest BCUT2D eigenvalue weighted by molar-refractivity contribution is 7.53. The maximum Gasteiger partial charge on any atom is 0.332 e. The molecule has 0 aliphatic rings. The van der Waals surface area contributed by atoms with Crippen LogP contribution in [0, 0.1) is 5.92 Å². The lowest BCUT2D eigenvalue weighted by Crippen LogP contribution is -2.31. The maximum atomic E-state index is 12.3. The van der Waals surface area contributed by atoms with Crippen molar-refractivity contribution in [3.63, 3.8) is 0 Å². The molecule has 0 spiro atoms. The van der Waals surface area contributed by atoms with Crippen LogP contribution in [0.2, 0.25) is 0 Å². The lowest BCUT2D eigenvalue weighted by atomic mass is 10.0. The van der Waals surface area contributed by atoms with E-state index < -0.39 is 7.60 Å². The van der Waals surface area contributed by atoms with Gasteiger partial charge in [0.15, 0.2) is 0 Å². The molecule has 0 aliphatic carbocycles. The molecule has 2 N–H and O–H groups in total. The first-order valence-electron chi connectivity index (χ1n) is 8.40. The van der Waals surface area contributed by atoms with E-state index in [4.69, 9.17) is 9.05 Å². The van der Waals surface area contributed by atoms with Crippen molar-refractivity contribution in [3.05, 3.63) is 29.8 Å². The molecule has 0 unspecified atom stereocenters. The van der Waals surface area contributed by atoms with Gasteiger partial charge in [0.25, 0.3) is 0 Å². The summed E-state index contributed by atoms with van der Waals surface area (Å²) in [6.07, 6.45) is 1.11. The zero-order chi connectivity index (χ0) is 18.0. The van der Waals surface area contributed by atoms with Gasteiger partial charge in [-0.3, -0.25) is 4.57 Å². The van der Waals surface area contributed by atoms with E-state index in [9.17, 15) is 9.36 Å². The predicted octanol–water partition coefficient (Wildman–Crippen LogP) is 4.27. The Bertz CT molecular complexity index is 553. The van der Waals surface area contributed by atoms with Gasteiger partial charge in [-0.05, 0) is 43.9 Å². The van der Waals surface area contributed by atoms with Crippen molar-refractivity contribution >= 4 is 19.3 Å². The number of urea groups is 1. The van der Waals surface area contributed by atoms with E-state index in [0.717, 1.165) is 12.1 Å². The van der Waals surface area contributed by atoms with E-state index in [1.807, 2.05) is 24.3 Å². The molecule has 0 saturated carbocycles.